The Balaban J connectivity index is 2.11. The van der Waals surface area contributed by atoms with Crippen molar-refractivity contribution in [3.8, 4) is 0 Å². The molecule has 1 saturated heterocycles. The molecular weight excluding hydrogens is 331 g/mol. The van der Waals surface area contributed by atoms with Crippen LogP contribution in [0.1, 0.15) is 5.56 Å². The number of halogens is 1. The van der Waals surface area contributed by atoms with Gasteiger partial charge in [-0.1, -0.05) is 36.1 Å². The summed E-state index contributed by atoms with van der Waals surface area (Å²) in [6.45, 7) is -0.584. The maximum absolute atomic E-state index is 13.7. The number of fused-ring (bicyclic) bond motifs is 1. The number of carboxylic acid groups (broad SMARTS) is 1. The number of para-hydroxylation sites is 1. The van der Waals surface area contributed by atoms with Crippen LogP contribution in [0.5, 0.6) is 0 Å². The number of hydrogen-bond donors (Lipinski definition) is 2. The Morgan fingerprint density at radius 1 is 1.41 bits per heavy atom. The molecule has 2 aliphatic rings. The van der Waals surface area contributed by atoms with Gasteiger partial charge in [0.05, 0.1) is 16.2 Å². The fraction of sp³-hybridized carbons (Fsp3) is 0.0769. The zero-order chi connectivity index (χ0) is 16.0. The minimum absolute atomic E-state index is 0.00556. The molecule has 2 N–H and O–H groups in total. The van der Waals surface area contributed by atoms with Crippen LogP contribution in [-0.4, -0.2) is 38.7 Å². The summed E-state index contributed by atoms with van der Waals surface area (Å²) in [4.78, 5) is 36.1. The lowest BCUT2D eigenvalue weighted by Crippen LogP contribution is -2.33. The molecule has 0 saturated carbocycles. The molecule has 1 aromatic rings. The van der Waals surface area contributed by atoms with E-state index >= 15 is 0 Å². The van der Waals surface area contributed by atoms with E-state index < -0.39 is 30.1 Å². The Hall–Kier alpha value is -2.26. The first kappa shape index (κ1) is 14.7. The molecule has 3 rings (SSSR count). The third-order valence-electron chi connectivity index (χ3n) is 3.12. The van der Waals surface area contributed by atoms with Crippen LogP contribution in [0, 0.1) is 5.82 Å². The van der Waals surface area contributed by atoms with Crippen molar-refractivity contribution in [1.82, 2.24) is 4.90 Å². The average molecular weight is 338 g/mol. The Kier molecular flexibility index (Phi) is 3.45. The highest BCUT2D eigenvalue weighted by molar-refractivity contribution is 8.26. The van der Waals surface area contributed by atoms with Crippen LogP contribution in [0.3, 0.4) is 0 Å². The standard InChI is InChI=1S/C13H7FN2O4S2/c14-6-3-1-2-5-8(11(19)15-9(5)6)10-12(20)16(4-7(17)18)13(21)22-10/h1-3H,4H2,(H,15,19)(H,17,18)/b10-8+. The van der Waals surface area contributed by atoms with Crippen LogP contribution in [-0.2, 0) is 14.4 Å². The molecule has 22 heavy (non-hydrogen) atoms. The number of nitrogens with one attached hydrogen (secondary N) is 1. The largest absolute Gasteiger partial charge is 0.480 e. The van der Waals surface area contributed by atoms with E-state index in [0.29, 0.717) is 0 Å². The lowest BCUT2D eigenvalue weighted by atomic mass is 10.1. The van der Waals surface area contributed by atoms with Crippen molar-refractivity contribution < 1.29 is 23.9 Å². The number of anilines is 1. The minimum Gasteiger partial charge on any atom is -0.480 e. The highest BCUT2D eigenvalue weighted by atomic mass is 32.2. The summed E-state index contributed by atoms with van der Waals surface area (Å²) in [6.07, 6.45) is 0. The van der Waals surface area contributed by atoms with Gasteiger partial charge in [0.1, 0.15) is 16.7 Å². The summed E-state index contributed by atoms with van der Waals surface area (Å²) in [7, 11) is 0. The smallest absolute Gasteiger partial charge is 0.323 e. The predicted molar refractivity (Wildman–Crippen MR) is 81.5 cm³/mol. The Labute approximate surface area is 133 Å². The van der Waals surface area contributed by atoms with Crippen LogP contribution < -0.4 is 5.32 Å². The van der Waals surface area contributed by atoms with E-state index in [9.17, 15) is 18.8 Å². The van der Waals surface area contributed by atoms with Crippen molar-refractivity contribution in [3.05, 3.63) is 34.5 Å². The van der Waals surface area contributed by atoms with Gasteiger partial charge in [-0.15, -0.1) is 0 Å². The fourth-order valence-electron chi connectivity index (χ4n) is 2.20. The molecular formula is C13H7FN2O4S2. The van der Waals surface area contributed by atoms with E-state index in [1.54, 1.807) is 0 Å². The Bertz CT molecular complexity index is 790. The van der Waals surface area contributed by atoms with Gasteiger partial charge in [0.2, 0.25) is 0 Å². The molecule has 9 heteroatoms. The van der Waals surface area contributed by atoms with Crippen LogP contribution in [0.25, 0.3) is 5.57 Å². The van der Waals surface area contributed by atoms with Gasteiger partial charge in [-0.3, -0.25) is 19.3 Å². The predicted octanol–water partition coefficient (Wildman–Crippen LogP) is 1.43. The van der Waals surface area contributed by atoms with Crippen molar-refractivity contribution in [2.45, 2.75) is 0 Å². The number of hydrogen-bond acceptors (Lipinski definition) is 5. The quantitative estimate of drug-likeness (QED) is 0.627. The molecule has 0 bridgehead atoms. The molecule has 0 aliphatic carbocycles. The SMILES string of the molecule is O=C(O)CN1C(=O)/C(=C2\C(=O)Nc3c(F)cccc32)SC1=S. The molecule has 1 aromatic carbocycles. The molecule has 1 fully saturated rings. The van der Waals surface area contributed by atoms with Gasteiger partial charge >= 0.3 is 5.97 Å². The lowest BCUT2D eigenvalue weighted by Gasteiger charge is -2.10. The Morgan fingerprint density at radius 2 is 2.14 bits per heavy atom. The van der Waals surface area contributed by atoms with E-state index in [-0.39, 0.29) is 26.0 Å². The second-order valence-electron chi connectivity index (χ2n) is 4.47. The number of rotatable bonds is 2. The summed E-state index contributed by atoms with van der Waals surface area (Å²) >= 11 is 5.81. The number of carbonyl (C=O) groups is 3. The zero-order valence-corrected chi connectivity index (χ0v) is 12.4. The fourth-order valence-corrected chi connectivity index (χ4v) is 3.54. The summed E-state index contributed by atoms with van der Waals surface area (Å²) in [5, 5.41) is 11.2. The lowest BCUT2D eigenvalue weighted by molar-refractivity contribution is -0.140. The second-order valence-corrected chi connectivity index (χ2v) is 6.12. The molecule has 0 unspecified atom stereocenters. The highest BCUT2D eigenvalue weighted by Gasteiger charge is 2.40. The molecule has 0 atom stereocenters. The third kappa shape index (κ3) is 2.18. The van der Waals surface area contributed by atoms with Crippen molar-refractivity contribution in [2.75, 3.05) is 11.9 Å². The molecule has 2 aliphatic heterocycles. The maximum atomic E-state index is 13.7. The van der Waals surface area contributed by atoms with E-state index in [2.05, 4.69) is 5.32 Å². The molecule has 0 aromatic heterocycles. The summed E-state index contributed by atoms with van der Waals surface area (Å²) in [5.41, 5.74) is 0.284. The Morgan fingerprint density at radius 3 is 2.82 bits per heavy atom. The number of aliphatic carboxylic acids is 1. The normalized spacial score (nSPS) is 20.4. The molecule has 0 radical (unpaired) electrons. The van der Waals surface area contributed by atoms with Crippen molar-refractivity contribution in [2.24, 2.45) is 0 Å². The minimum atomic E-state index is -1.22. The molecule has 0 spiro atoms. The van der Waals surface area contributed by atoms with Crippen LogP contribution in [0.15, 0.2) is 23.1 Å². The highest BCUT2D eigenvalue weighted by Crippen LogP contribution is 2.42. The van der Waals surface area contributed by atoms with Gasteiger partial charge in [0.15, 0.2) is 0 Å². The van der Waals surface area contributed by atoms with Crippen molar-refractivity contribution >= 4 is 57.3 Å². The number of nitrogens with zero attached hydrogens (tertiary/aromatic N) is 1. The average Bonchev–Trinajstić information content (AvgIpc) is 2.90. The summed E-state index contributed by atoms with van der Waals surface area (Å²) in [5.74, 6) is -3.11. The van der Waals surface area contributed by atoms with E-state index in [0.717, 1.165) is 16.7 Å². The van der Waals surface area contributed by atoms with E-state index in [4.69, 9.17) is 17.3 Å². The van der Waals surface area contributed by atoms with E-state index in [1.807, 2.05) is 0 Å². The molecule has 2 heterocycles. The van der Waals surface area contributed by atoms with Crippen molar-refractivity contribution in [1.29, 1.82) is 0 Å². The second kappa shape index (κ2) is 5.18. The third-order valence-corrected chi connectivity index (χ3v) is 4.57. The number of carboxylic acids is 1. The molecule has 6 nitrogen and oxygen atoms in total. The van der Waals surface area contributed by atoms with Crippen LogP contribution in [0.2, 0.25) is 0 Å². The van der Waals surface area contributed by atoms with Crippen molar-refractivity contribution in [3.63, 3.8) is 0 Å². The molecule has 112 valence electrons. The number of benzene rings is 1. The zero-order valence-electron chi connectivity index (χ0n) is 10.8. The maximum Gasteiger partial charge on any atom is 0.323 e. The molecule has 2 amide bonds. The van der Waals surface area contributed by atoms with Gasteiger partial charge in [-0.25, -0.2) is 4.39 Å². The van der Waals surface area contributed by atoms with Gasteiger partial charge < -0.3 is 10.4 Å². The van der Waals surface area contributed by atoms with Crippen LogP contribution >= 0.6 is 24.0 Å². The van der Waals surface area contributed by atoms with Gasteiger partial charge in [-0.2, -0.15) is 0 Å². The summed E-state index contributed by atoms with van der Waals surface area (Å²) in [6, 6.07) is 4.12. The van der Waals surface area contributed by atoms with E-state index in [1.165, 1.54) is 18.2 Å². The number of amides is 2. The number of carbonyl (C=O) groups excluding carboxylic acids is 2. The number of thiocarbonyl (C=S) groups is 1. The first-order chi connectivity index (χ1) is 10.4. The topological polar surface area (TPSA) is 86.7 Å². The van der Waals surface area contributed by atoms with Crippen LogP contribution in [0.4, 0.5) is 10.1 Å². The van der Waals surface area contributed by atoms with Gasteiger partial charge in [0, 0.05) is 5.56 Å². The first-order valence-electron chi connectivity index (χ1n) is 6.00. The monoisotopic (exact) mass is 338 g/mol. The van der Waals surface area contributed by atoms with Gasteiger partial charge in [-0.05, 0) is 6.07 Å². The summed E-state index contributed by atoms with van der Waals surface area (Å²) < 4.78 is 13.8. The number of thioether (sulfide) groups is 1. The van der Waals surface area contributed by atoms with Gasteiger partial charge in [0.25, 0.3) is 11.8 Å². The first-order valence-corrected chi connectivity index (χ1v) is 7.22.